The van der Waals surface area contributed by atoms with E-state index in [1.165, 1.54) is 18.2 Å². The molecule has 0 bridgehead atoms. The predicted octanol–water partition coefficient (Wildman–Crippen LogP) is 3.30. The molecule has 1 N–H and O–H groups in total. The number of aromatic nitrogens is 1. The van der Waals surface area contributed by atoms with E-state index in [4.69, 9.17) is 0 Å². The number of hydrogen-bond donors (Lipinski definition) is 1. The van der Waals surface area contributed by atoms with Crippen molar-refractivity contribution in [2.75, 3.05) is 0 Å². The molecule has 0 spiro atoms. The number of pyridine rings is 1. The van der Waals surface area contributed by atoms with Crippen LogP contribution in [0, 0.1) is 5.82 Å². The maximum absolute atomic E-state index is 13.1. The number of carbonyl (C=O) groups is 1. The van der Waals surface area contributed by atoms with E-state index in [1.54, 1.807) is 6.07 Å². The van der Waals surface area contributed by atoms with Crippen LogP contribution in [0.15, 0.2) is 60.7 Å². The van der Waals surface area contributed by atoms with Gasteiger partial charge in [-0.2, -0.15) is 0 Å². The van der Waals surface area contributed by atoms with Gasteiger partial charge in [-0.05, 0) is 30.3 Å². The maximum atomic E-state index is 13.1. The van der Waals surface area contributed by atoms with E-state index in [0.29, 0.717) is 12.1 Å². The standard InChI is InChI=1S/C17H13FN2O/c18-14-6-3-5-13(10-14)17(21)19-11-15-9-8-12-4-1-2-7-16(12)20-15/h1-10H,11H2,(H,19,21). The molecule has 0 radical (unpaired) electrons. The molecule has 3 rings (SSSR count). The van der Waals surface area contributed by atoms with Crippen LogP contribution in [0.3, 0.4) is 0 Å². The summed E-state index contributed by atoms with van der Waals surface area (Å²) in [5, 5.41) is 3.79. The third kappa shape index (κ3) is 3.05. The minimum atomic E-state index is -0.425. The molecule has 0 fully saturated rings. The summed E-state index contributed by atoms with van der Waals surface area (Å²) in [5.74, 6) is -0.740. The topological polar surface area (TPSA) is 42.0 Å². The Hall–Kier alpha value is -2.75. The fourth-order valence-corrected chi connectivity index (χ4v) is 2.11. The molecule has 1 aromatic heterocycles. The summed E-state index contributed by atoms with van der Waals surface area (Å²) in [6.07, 6.45) is 0. The van der Waals surface area contributed by atoms with Gasteiger partial charge in [-0.1, -0.05) is 30.3 Å². The minimum absolute atomic E-state index is 0.302. The van der Waals surface area contributed by atoms with Gasteiger partial charge in [0.05, 0.1) is 17.8 Å². The molecule has 1 amide bonds. The summed E-state index contributed by atoms with van der Waals surface area (Å²) in [4.78, 5) is 16.4. The fourth-order valence-electron chi connectivity index (χ4n) is 2.11. The lowest BCUT2D eigenvalue weighted by atomic mass is 10.2. The number of amides is 1. The molecule has 3 aromatic rings. The molecule has 0 aliphatic heterocycles. The first-order valence-electron chi connectivity index (χ1n) is 6.61. The van der Waals surface area contributed by atoms with Crippen molar-refractivity contribution in [2.45, 2.75) is 6.54 Å². The zero-order chi connectivity index (χ0) is 14.7. The number of fused-ring (bicyclic) bond motifs is 1. The Kier molecular flexibility index (Phi) is 3.60. The Morgan fingerprint density at radius 3 is 2.76 bits per heavy atom. The highest BCUT2D eigenvalue weighted by Crippen LogP contribution is 2.11. The summed E-state index contributed by atoms with van der Waals surface area (Å²) in [6, 6.07) is 17.2. The number of para-hydroxylation sites is 1. The second-order valence-corrected chi connectivity index (χ2v) is 4.69. The van der Waals surface area contributed by atoms with Gasteiger partial charge < -0.3 is 5.32 Å². The van der Waals surface area contributed by atoms with Crippen LogP contribution < -0.4 is 5.32 Å². The molecule has 1 heterocycles. The summed E-state index contributed by atoms with van der Waals surface area (Å²) >= 11 is 0. The van der Waals surface area contributed by atoms with Crippen LogP contribution in [0.2, 0.25) is 0 Å². The van der Waals surface area contributed by atoms with Gasteiger partial charge >= 0.3 is 0 Å². The third-order valence-corrected chi connectivity index (χ3v) is 3.17. The van der Waals surface area contributed by atoms with Gasteiger partial charge in [0.1, 0.15) is 5.82 Å². The normalized spacial score (nSPS) is 10.5. The second-order valence-electron chi connectivity index (χ2n) is 4.69. The van der Waals surface area contributed by atoms with E-state index < -0.39 is 5.82 Å². The van der Waals surface area contributed by atoms with Crippen LogP contribution in [0.25, 0.3) is 10.9 Å². The molecule has 4 heteroatoms. The van der Waals surface area contributed by atoms with Crippen molar-refractivity contribution in [3.8, 4) is 0 Å². The lowest BCUT2D eigenvalue weighted by Crippen LogP contribution is -2.23. The molecular formula is C17H13FN2O. The molecule has 104 valence electrons. The van der Waals surface area contributed by atoms with Crippen LogP contribution in [0.5, 0.6) is 0 Å². The molecule has 0 aliphatic rings. The zero-order valence-electron chi connectivity index (χ0n) is 11.2. The van der Waals surface area contributed by atoms with Crippen LogP contribution in [-0.2, 0) is 6.54 Å². The fraction of sp³-hybridized carbons (Fsp3) is 0.0588. The highest BCUT2D eigenvalue weighted by atomic mass is 19.1. The van der Waals surface area contributed by atoms with E-state index in [1.807, 2.05) is 36.4 Å². The minimum Gasteiger partial charge on any atom is -0.346 e. The van der Waals surface area contributed by atoms with E-state index in [9.17, 15) is 9.18 Å². The van der Waals surface area contributed by atoms with Gasteiger partial charge in [0.25, 0.3) is 5.91 Å². The van der Waals surface area contributed by atoms with E-state index in [2.05, 4.69) is 10.3 Å². The van der Waals surface area contributed by atoms with E-state index in [0.717, 1.165) is 16.6 Å². The van der Waals surface area contributed by atoms with E-state index >= 15 is 0 Å². The molecule has 0 atom stereocenters. The number of benzene rings is 2. The van der Waals surface area contributed by atoms with Gasteiger partial charge in [-0.25, -0.2) is 4.39 Å². The van der Waals surface area contributed by atoms with Crippen LogP contribution in [0.4, 0.5) is 4.39 Å². The average molecular weight is 280 g/mol. The zero-order valence-corrected chi connectivity index (χ0v) is 11.2. The molecule has 2 aromatic carbocycles. The third-order valence-electron chi connectivity index (χ3n) is 3.17. The number of nitrogens with zero attached hydrogens (tertiary/aromatic N) is 1. The Morgan fingerprint density at radius 2 is 1.90 bits per heavy atom. The second kappa shape index (κ2) is 5.71. The van der Waals surface area contributed by atoms with Gasteiger partial charge in [0, 0.05) is 10.9 Å². The van der Waals surface area contributed by atoms with Gasteiger partial charge in [0.2, 0.25) is 0 Å². The van der Waals surface area contributed by atoms with Crippen molar-refractivity contribution >= 4 is 16.8 Å². The Morgan fingerprint density at radius 1 is 1.05 bits per heavy atom. The number of hydrogen-bond acceptors (Lipinski definition) is 2. The first-order chi connectivity index (χ1) is 10.2. The first-order valence-corrected chi connectivity index (χ1v) is 6.61. The molecule has 0 saturated heterocycles. The van der Waals surface area contributed by atoms with Gasteiger partial charge in [-0.15, -0.1) is 0 Å². The number of nitrogens with one attached hydrogen (secondary N) is 1. The summed E-state index contributed by atoms with van der Waals surface area (Å²) in [5.41, 5.74) is 1.95. The van der Waals surface area contributed by atoms with Crippen molar-refractivity contribution in [3.63, 3.8) is 0 Å². The average Bonchev–Trinajstić information content (AvgIpc) is 2.52. The highest BCUT2D eigenvalue weighted by Gasteiger charge is 2.06. The molecule has 3 nitrogen and oxygen atoms in total. The Bertz CT molecular complexity index is 801. The molecule has 0 saturated carbocycles. The maximum Gasteiger partial charge on any atom is 0.251 e. The van der Waals surface area contributed by atoms with Crippen LogP contribution in [-0.4, -0.2) is 10.9 Å². The summed E-state index contributed by atoms with van der Waals surface area (Å²) < 4.78 is 13.1. The predicted molar refractivity (Wildman–Crippen MR) is 79.3 cm³/mol. The first kappa shape index (κ1) is 13.2. The lowest BCUT2D eigenvalue weighted by molar-refractivity contribution is 0.0950. The number of rotatable bonds is 3. The van der Waals surface area contributed by atoms with Gasteiger partial charge in [-0.3, -0.25) is 9.78 Å². The van der Waals surface area contributed by atoms with Crippen LogP contribution >= 0.6 is 0 Å². The number of carbonyl (C=O) groups excluding carboxylic acids is 1. The quantitative estimate of drug-likeness (QED) is 0.799. The largest absolute Gasteiger partial charge is 0.346 e. The lowest BCUT2D eigenvalue weighted by Gasteiger charge is -2.06. The SMILES string of the molecule is O=C(NCc1ccc2ccccc2n1)c1cccc(F)c1. The Labute approximate surface area is 121 Å². The smallest absolute Gasteiger partial charge is 0.251 e. The highest BCUT2D eigenvalue weighted by molar-refractivity contribution is 5.94. The van der Waals surface area contributed by atoms with Crippen molar-refractivity contribution < 1.29 is 9.18 Å². The van der Waals surface area contributed by atoms with Crippen molar-refractivity contribution in [1.82, 2.24) is 10.3 Å². The summed E-state index contributed by atoms with van der Waals surface area (Å²) in [7, 11) is 0. The van der Waals surface area contributed by atoms with Crippen molar-refractivity contribution in [2.24, 2.45) is 0 Å². The van der Waals surface area contributed by atoms with Crippen molar-refractivity contribution in [1.29, 1.82) is 0 Å². The number of halogens is 1. The van der Waals surface area contributed by atoms with Gasteiger partial charge in [0.15, 0.2) is 0 Å². The van der Waals surface area contributed by atoms with E-state index in [-0.39, 0.29) is 5.91 Å². The molecule has 0 unspecified atom stereocenters. The monoisotopic (exact) mass is 280 g/mol. The Balaban J connectivity index is 1.72. The molecule has 21 heavy (non-hydrogen) atoms. The van der Waals surface area contributed by atoms with Crippen molar-refractivity contribution in [3.05, 3.63) is 77.7 Å². The molecule has 0 aliphatic carbocycles. The summed E-state index contributed by atoms with van der Waals surface area (Å²) in [6.45, 7) is 0.306. The molecular weight excluding hydrogens is 267 g/mol. The van der Waals surface area contributed by atoms with Crippen LogP contribution in [0.1, 0.15) is 16.1 Å².